The number of rotatable bonds is 8. The predicted octanol–water partition coefficient (Wildman–Crippen LogP) is 2.87. The number of hydrogen-bond donors (Lipinski definition) is 0. The Hall–Kier alpha value is -0.370. The number of unbranched alkanes of at least 4 members (excludes halogenated alkanes) is 1. The molecule has 0 fully saturated rings. The second-order valence-corrected chi connectivity index (χ2v) is 4.04. The van der Waals surface area contributed by atoms with Gasteiger partial charge in [0.05, 0.1) is 0 Å². The summed E-state index contributed by atoms with van der Waals surface area (Å²) < 4.78 is 0. The molecule has 2 nitrogen and oxygen atoms in total. The smallest absolute Gasteiger partial charge is 0.129 e. The summed E-state index contributed by atoms with van der Waals surface area (Å²) in [5, 5.41) is 0. The molecule has 0 spiro atoms. The molecular weight excluding hydrogens is 174 g/mol. The van der Waals surface area contributed by atoms with Crippen molar-refractivity contribution in [2.75, 3.05) is 13.1 Å². The van der Waals surface area contributed by atoms with Crippen LogP contribution in [0.15, 0.2) is 0 Å². The SMILES string of the molecule is CCC(C)N(CC)CCCCC(C)=O. The van der Waals surface area contributed by atoms with E-state index in [9.17, 15) is 4.79 Å². The zero-order valence-corrected chi connectivity index (χ0v) is 10.2. The van der Waals surface area contributed by atoms with Gasteiger partial charge >= 0.3 is 0 Å². The van der Waals surface area contributed by atoms with Crippen molar-refractivity contribution in [2.24, 2.45) is 0 Å². The van der Waals surface area contributed by atoms with Gasteiger partial charge in [-0.1, -0.05) is 13.8 Å². The van der Waals surface area contributed by atoms with E-state index in [0.29, 0.717) is 11.8 Å². The first-order valence-electron chi connectivity index (χ1n) is 5.85. The lowest BCUT2D eigenvalue weighted by Crippen LogP contribution is -2.33. The maximum Gasteiger partial charge on any atom is 0.129 e. The summed E-state index contributed by atoms with van der Waals surface area (Å²) in [6.45, 7) is 10.6. The van der Waals surface area contributed by atoms with Crippen molar-refractivity contribution in [2.45, 2.75) is 59.4 Å². The molecular formula is C12H25NO. The van der Waals surface area contributed by atoms with Crippen LogP contribution in [0.2, 0.25) is 0 Å². The zero-order valence-electron chi connectivity index (χ0n) is 10.2. The van der Waals surface area contributed by atoms with E-state index in [-0.39, 0.29) is 0 Å². The monoisotopic (exact) mass is 199 g/mol. The van der Waals surface area contributed by atoms with Crippen LogP contribution in [-0.4, -0.2) is 29.8 Å². The quantitative estimate of drug-likeness (QED) is 0.560. The molecule has 0 aliphatic carbocycles. The van der Waals surface area contributed by atoms with Crippen LogP contribution in [0.5, 0.6) is 0 Å². The summed E-state index contributed by atoms with van der Waals surface area (Å²) in [6.07, 6.45) is 4.15. The van der Waals surface area contributed by atoms with Crippen LogP contribution in [0.25, 0.3) is 0 Å². The van der Waals surface area contributed by atoms with E-state index in [1.807, 2.05) is 0 Å². The molecule has 0 aromatic carbocycles. The van der Waals surface area contributed by atoms with E-state index in [1.54, 1.807) is 6.92 Å². The van der Waals surface area contributed by atoms with Gasteiger partial charge < -0.3 is 9.69 Å². The molecule has 14 heavy (non-hydrogen) atoms. The molecule has 0 aliphatic rings. The van der Waals surface area contributed by atoms with Crippen molar-refractivity contribution in [1.29, 1.82) is 0 Å². The number of ketones is 1. The molecule has 0 aliphatic heterocycles. The average Bonchev–Trinajstić information content (AvgIpc) is 2.16. The minimum absolute atomic E-state index is 0.316. The molecule has 0 radical (unpaired) electrons. The maximum atomic E-state index is 10.7. The standard InChI is InChI=1S/C12H25NO/c1-5-11(3)13(6-2)10-8-7-9-12(4)14/h11H,5-10H2,1-4H3. The second-order valence-electron chi connectivity index (χ2n) is 4.04. The summed E-state index contributed by atoms with van der Waals surface area (Å²) >= 11 is 0. The van der Waals surface area contributed by atoms with E-state index >= 15 is 0 Å². The largest absolute Gasteiger partial charge is 0.301 e. The van der Waals surface area contributed by atoms with E-state index in [2.05, 4.69) is 25.7 Å². The zero-order chi connectivity index (χ0) is 11.0. The van der Waals surface area contributed by atoms with Crippen LogP contribution in [0.3, 0.4) is 0 Å². The first-order chi connectivity index (χ1) is 6.61. The van der Waals surface area contributed by atoms with Gasteiger partial charge in [0.25, 0.3) is 0 Å². The van der Waals surface area contributed by atoms with Gasteiger partial charge in [-0.25, -0.2) is 0 Å². The van der Waals surface area contributed by atoms with Crippen LogP contribution in [0, 0.1) is 0 Å². The van der Waals surface area contributed by atoms with E-state index in [1.165, 1.54) is 6.42 Å². The van der Waals surface area contributed by atoms with Crippen LogP contribution in [0.1, 0.15) is 53.4 Å². The van der Waals surface area contributed by atoms with E-state index in [4.69, 9.17) is 0 Å². The summed E-state index contributed by atoms with van der Waals surface area (Å²) in [4.78, 5) is 13.2. The van der Waals surface area contributed by atoms with Crippen molar-refractivity contribution in [3.05, 3.63) is 0 Å². The van der Waals surface area contributed by atoms with Gasteiger partial charge in [-0.15, -0.1) is 0 Å². The third-order valence-corrected chi connectivity index (χ3v) is 2.84. The molecule has 2 heteroatoms. The van der Waals surface area contributed by atoms with Crippen LogP contribution >= 0.6 is 0 Å². The fourth-order valence-electron chi connectivity index (χ4n) is 1.64. The molecule has 0 heterocycles. The molecule has 0 saturated carbocycles. The summed E-state index contributed by atoms with van der Waals surface area (Å²) in [7, 11) is 0. The summed E-state index contributed by atoms with van der Waals surface area (Å²) in [5.41, 5.74) is 0. The van der Waals surface area contributed by atoms with Crippen LogP contribution < -0.4 is 0 Å². The second kappa shape index (κ2) is 7.98. The molecule has 0 saturated heterocycles. The van der Waals surface area contributed by atoms with Crippen LogP contribution in [0.4, 0.5) is 0 Å². The number of hydrogen-bond acceptors (Lipinski definition) is 2. The predicted molar refractivity (Wildman–Crippen MR) is 61.5 cm³/mol. The molecule has 84 valence electrons. The van der Waals surface area contributed by atoms with Gasteiger partial charge in [0.15, 0.2) is 0 Å². The summed E-state index contributed by atoms with van der Waals surface area (Å²) in [5.74, 6) is 0.316. The molecule has 0 aromatic rings. The Morgan fingerprint density at radius 1 is 1.29 bits per heavy atom. The van der Waals surface area contributed by atoms with Gasteiger partial charge in [0, 0.05) is 12.5 Å². The Labute approximate surface area is 88.7 Å². The lowest BCUT2D eigenvalue weighted by atomic mass is 10.1. The fourth-order valence-corrected chi connectivity index (χ4v) is 1.64. The molecule has 0 amide bonds. The lowest BCUT2D eigenvalue weighted by Gasteiger charge is -2.26. The van der Waals surface area contributed by atoms with Gasteiger partial charge in [-0.3, -0.25) is 0 Å². The number of Topliss-reactive ketones (excluding diaryl/α,β-unsaturated/α-hetero) is 1. The van der Waals surface area contributed by atoms with Crippen molar-refractivity contribution in [3.8, 4) is 0 Å². The highest BCUT2D eigenvalue weighted by Gasteiger charge is 2.08. The average molecular weight is 199 g/mol. The van der Waals surface area contributed by atoms with Crippen molar-refractivity contribution in [3.63, 3.8) is 0 Å². The summed E-state index contributed by atoms with van der Waals surface area (Å²) in [6, 6.07) is 0.678. The molecule has 0 bridgehead atoms. The van der Waals surface area contributed by atoms with E-state index < -0.39 is 0 Å². The Kier molecular flexibility index (Phi) is 7.77. The van der Waals surface area contributed by atoms with Crippen molar-refractivity contribution < 1.29 is 4.79 Å². The molecule has 0 aromatic heterocycles. The Morgan fingerprint density at radius 2 is 1.93 bits per heavy atom. The maximum absolute atomic E-state index is 10.7. The number of nitrogens with zero attached hydrogens (tertiary/aromatic N) is 1. The number of carbonyl (C=O) groups is 1. The molecule has 1 atom stereocenters. The molecule has 1 unspecified atom stereocenters. The Bertz CT molecular complexity index is 156. The number of carbonyl (C=O) groups excluding carboxylic acids is 1. The Balaban J connectivity index is 3.57. The third-order valence-electron chi connectivity index (χ3n) is 2.84. The lowest BCUT2D eigenvalue weighted by molar-refractivity contribution is -0.117. The highest BCUT2D eigenvalue weighted by atomic mass is 16.1. The molecule has 0 rings (SSSR count). The van der Waals surface area contributed by atoms with Crippen LogP contribution in [-0.2, 0) is 4.79 Å². The van der Waals surface area contributed by atoms with Gasteiger partial charge in [0.1, 0.15) is 5.78 Å². The van der Waals surface area contributed by atoms with Gasteiger partial charge in [-0.2, -0.15) is 0 Å². The normalized spacial score (nSPS) is 13.2. The molecule has 0 N–H and O–H groups in total. The first kappa shape index (κ1) is 13.6. The van der Waals surface area contributed by atoms with Gasteiger partial charge in [0.2, 0.25) is 0 Å². The highest BCUT2D eigenvalue weighted by molar-refractivity contribution is 5.75. The Morgan fingerprint density at radius 3 is 2.36 bits per heavy atom. The van der Waals surface area contributed by atoms with Crippen molar-refractivity contribution >= 4 is 5.78 Å². The fraction of sp³-hybridized carbons (Fsp3) is 0.917. The topological polar surface area (TPSA) is 20.3 Å². The first-order valence-corrected chi connectivity index (χ1v) is 5.85. The minimum atomic E-state index is 0.316. The van der Waals surface area contributed by atoms with Gasteiger partial charge in [-0.05, 0) is 46.2 Å². The minimum Gasteiger partial charge on any atom is -0.301 e. The van der Waals surface area contributed by atoms with E-state index in [0.717, 1.165) is 32.4 Å². The third kappa shape index (κ3) is 6.14. The highest BCUT2D eigenvalue weighted by Crippen LogP contribution is 2.06. The van der Waals surface area contributed by atoms with Crippen molar-refractivity contribution in [1.82, 2.24) is 4.90 Å².